The van der Waals surface area contributed by atoms with Crippen LogP contribution in [0.4, 0.5) is 11.4 Å². The lowest BCUT2D eigenvalue weighted by atomic mass is 9.81. The highest BCUT2D eigenvalue weighted by Crippen LogP contribution is 2.49. The fraction of sp³-hybridized carbons (Fsp3) is 0.364. The maximum absolute atomic E-state index is 6.35. The van der Waals surface area contributed by atoms with Gasteiger partial charge in [-0.3, -0.25) is 0 Å². The normalized spacial score (nSPS) is 20.6. The minimum atomic E-state index is -0.203. The third kappa shape index (κ3) is 5.40. The van der Waals surface area contributed by atoms with E-state index in [0.717, 1.165) is 32.8 Å². The van der Waals surface area contributed by atoms with Crippen LogP contribution in [0.5, 0.6) is 0 Å². The van der Waals surface area contributed by atoms with E-state index in [4.69, 9.17) is 32.7 Å². The van der Waals surface area contributed by atoms with Gasteiger partial charge in [-0.1, -0.05) is 67.4 Å². The SMILES string of the molecule is COC(C)N1/C(=C/C=C/C=C/C=C/C2=[N+](C(C)OC)c3ccc(Cl)cc3C2(C)C)C(C)(C)c2cc(Cl)ccc21. The van der Waals surface area contributed by atoms with E-state index >= 15 is 0 Å². The van der Waals surface area contributed by atoms with Gasteiger partial charge in [-0.2, -0.15) is 4.58 Å². The highest BCUT2D eigenvalue weighted by molar-refractivity contribution is 6.31. The summed E-state index contributed by atoms with van der Waals surface area (Å²) in [5, 5.41) is 1.48. The maximum atomic E-state index is 6.35. The van der Waals surface area contributed by atoms with Crippen LogP contribution in [-0.4, -0.2) is 37.0 Å². The lowest BCUT2D eigenvalue weighted by Crippen LogP contribution is -2.34. The number of methoxy groups -OCH3 is 2. The summed E-state index contributed by atoms with van der Waals surface area (Å²) in [5.41, 5.74) is 6.58. The zero-order valence-electron chi connectivity index (χ0n) is 24.1. The lowest BCUT2D eigenvalue weighted by molar-refractivity contribution is -0.532. The van der Waals surface area contributed by atoms with E-state index in [-0.39, 0.29) is 23.3 Å². The first-order chi connectivity index (χ1) is 18.4. The summed E-state index contributed by atoms with van der Waals surface area (Å²) in [5.74, 6) is 0. The van der Waals surface area contributed by atoms with Crippen LogP contribution >= 0.6 is 23.2 Å². The van der Waals surface area contributed by atoms with Gasteiger partial charge < -0.3 is 14.4 Å². The summed E-state index contributed by atoms with van der Waals surface area (Å²) in [4.78, 5) is 2.24. The zero-order chi connectivity index (χ0) is 28.5. The number of benzene rings is 2. The highest BCUT2D eigenvalue weighted by Gasteiger charge is 2.46. The monoisotopic (exact) mass is 565 g/mol. The standard InChI is InChI=1S/C33H39Cl2N2O2/c1-22(38-7)36-28-18-16-24(34)20-26(28)32(3,4)30(36)14-12-10-9-11-13-15-31-33(5,6)27-21-25(35)17-19-29(27)37(31)23(2)39-8/h9-23H,1-8H3/q+1. The van der Waals surface area contributed by atoms with E-state index in [9.17, 15) is 0 Å². The molecule has 4 nitrogen and oxygen atoms in total. The Kier molecular flexibility index (Phi) is 8.63. The van der Waals surface area contributed by atoms with E-state index in [2.05, 4.69) is 99.6 Å². The molecule has 0 N–H and O–H groups in total. The average Bonchev–Trinajstić information content (AvgIpc) is 3.25. The third-order valence-electron chi connectivity index (χ3n) is 7.94. The molecule has 206 valence electrons. The second-order valence-corrected chi connectivity index (χ2v) is 11.9. The number of anilines is 1. The second kappa shape index (κ2) is 11.5. The predicted molar refractivity (Wildman–Crippen MR) is 165 cm³/mol. The number of ether oxygens (including phenoxy) is 2. The van der Waals surface area contributed by atoms with Crippen molar-refractivity contribution in [2.24, 2.45) is 0 Å². The molecule has 2 aromatic carbocycles. The van der Waals surface area contributed by atoms with E-state index in [1.807, 2.05) is 30.4 Å². The van der Waals surface area contributed by atoms with Crippen molar-refractivity contribution in [2.75, 3.05) is 19.1 Å². The first-order valence-electron chi connectivity index (χ1n) is 13.3. The topological polar surface area (TPSA) is 24.7 Å². The van der Waals surface area contributed by atoms with Gasteiger partial charge in [-0.05, 0) is 62.7 Å². The number of hydrogen-bond donors (Lipinski definition) is 0. The Morgan fingerprint density at radius 3 is 2.08 bits per heavy atom. The molecule has 0 radical (unpaired) electrons. The summed E-state index contributed by atoms with van der Waals surface area (Å²) < 4.78 is 13.7. The van der Waals surface area contributed by atoms with Gasteiger partial charge in [0, 0.05) is 65.7 Å². The van der Waals surface area contributed by atoms with Gasteiger partial charge in [0.2, 0.25) is 5.69 Å². The maximum Gasteiger partial charge on any atom is 0.260 e. The zero-order valence-corrected chi connectivity index (χ0v) is 25.6. The van der Waals surface area contributed by atoms with E-state index in [1.54, 1.807) is 14.2 Å². The number of allylic oxidation sites excluding steroid dienone is 8. The van der Waals surface area contributed by atoms with Crippen molar-refractivity contribution >= 4 is 40.3 Å². The summed E-state index contributed by atoms with van der Waals surface area (Å²) in [7, 11) is 3.47. The number of fused-ring (bicyclic) bond motifs is 2. The van der Waals surface area contributed by atoms with E-state index in [1.165, 1.54) is 11.1 Å². The first-order valence-corrected chi connectivity index (χ1v) is 14.0. The van der Waals surface area contributed by atoms with Crippen LogP contribution in [0.1, 0.15) is 52.7 Å². The molecule has 2 aliphatic rings. The Morgan fingerprint density at radius 2 is 1.41 bits per heavy atom. The Bertz CT molecular complexity index is 1400. The Labute approximate surface area is 243 Å². The second-order valence-electron chi connectivity index (χ2n) is 11.0. The molecule has 2 aliphatic heterocycles. The molecule has 0 saturated heterocycles. The van der Waals surface area contributed by atoms with E-state index < -0.39 is 0 Å². The van der Waals surface area contributed by atoms with Crippen molar-refractivity contribution in [2.45, 2.75) is 64.8 Å². The molecule has 2 unspecified atom stereocenters. The molecule has 39 heavy (non-hydrogen) atoms. The van der Waals surface area contributed by atoms with Gasteiger partial charge in [0.05, 0.1) is 5.41 Å². The van der Waals surface area contributed by atoms with Gasteiger partial charge in [-0.25, -0.2) is 0 Å². The molecular formula is C33H39Cl2N2O2+. The number of halogens is 2. The van der Waals surface area contributed by atoms with Gasteiger partial charge in [0.25, 0.3) is 6.23 Å². The lowest BCUT2D eigenvalue weighted by Gasteiger charge is -2.31. The molecular weight excluding hydrogens is 527 g/mol. The molecule has 2 aromatic rings. The van der Waals surface area contributed by atoms with E-state index in [0.29, 0.717) is 0 Å². The van der Waals surface area contributed by atoms with Crippen molar-refractivity contribution in [3.05, 3.63) is 106 Å². The number of rotatable bonds is 8. The van der Waals surface area contributed by atoms with Crippen LogP contribution in [-0.2, 0) is 20.3 Å². The predicted octanol–water partition coefficient (Wildman–Crippen LogP) is 8.70. The molecule has 4 rings (SSSR count). The molecule has 0 aliphatic carbocycles. The fourth-order valence-corrected chi connectivity index (χ4v) is 5.98. The van der Waals surface area contributed by atoms with Crippen molar-refractivity contribution in [1.29, 1.82) is 0 Å². The van der Waals surface area contributed by atoms with Crippen molar-refractivity contribution < 1.29 is 14.0 Å². The molecule has 2 heterocycles. The first kappa shape index (κ1) is 29.4. The summed E-state index contributed by atoms with van der Waals surface area (Å²) >= 11 is 12.7. The Morgan fingerprint density at radius 1 is 0.795 bits per heavy atom. The molecule has 0 spiro atoms. The minimum absolute atomic E-state index is 0.104. The highest BCUT2D eigenvalue weighted by atomic mass is 35.5. The van der Waals surface area contributed by atoms with Gasteiger partial charge in [0.1, 0.15) is 6.23 Å². The summed E-state index contributed by atoms with van der Waals surface area (Å²) in [6, 6.07) is 12.1. The van der Waals surface area contributed by atoms with Crippen LogP contribution in [0.15, 0.2) is 84.6 Å². The third-order valence-corrected chi connectivity index (χ3v) is 8.42. The van der Waals surface area contributed by atoms with Crippen molar-refractivity contribution in [1.82, 2.24) is 0 Å². The fourth-order valence-electron chi connectivity index (χ4n) is 5.63. The van der Waals surface area contributed by atoms with Crippen molar-refractivity contribution in [3.63, 3.8) is 0 Å². The molecule has 2 atom stereocenters. The minimum Gasteiger partial charge on any atom is -0.362 e. The Hall–Kier alpha value is -2.63. The van der Waals surface area contributed by atoms with Crippen LogP contribution in [0.25, 0.3) is 0 Å². The molecule has 0 fully saturated rings. The molecule has 0 bridgehead atoms. The van der Waals surface area contributed by atoms with Crippen LogP contribution in [0, 0.1) is 0 Å². The van der Waals surface area contributed by atoms with Crippen molar-refractivity contribution in [3.8, 4) is 0 Å². The Balaban J connectivity index is 1.58. The average molecular weight is 567 g/mol. The largest absolute Gasteiger partial charge is 0.362 e. The van der Waals surface area contributed by atoms with Gasteiger partial charge in [0.15, 0.2) is 5.71 Å². The smallest absolute Gasteiger partial charge is 0.260 e. The van der Waals surface area contributed by atoms with Gasteiger partial charge in [-0.15, -0.1) is 0 Å². The van der Waals surface area contributed by atoms with Gasteiger partial charge >= 0.3 is 0 Å². The van der Waals surface area contributed by atoms with Crippen LogP contribution in [0.2, 0.25) is 10.0 Å². The molecule has 0 saturated carbocycles. The molecule has 0 aromatic heterocycles. The van der Waals surface area contributed by atoms with Crippen LogP contribution in [0.3, 0.4) is 0 Å². The molecule has 0 amide bonds. The summed E-state index contributed by atoms with van der Waals surface area (Å²) in [6.07, 6.45) is 14.4. The quantitative estimate of drug-likeness (QED) is 0.236. The summed E-state index contributed by atoms with van der Waals surface area (Å²) in [6.45, 7) is 13.0. The number of nitrogens with zero attached hydrogens (tertiary/aromatic N) is 2. The number of hydrogen-bond acceptors (Lipinski definition) is 3. The van der Waals surface area contributed by atoms with Crippen LogP contribution < -0.4 is 4.90 Å². The molecule has 6 heteroatoms.